The van der Waals surface area contributed by atoms with Crippen molar-refractivity contribution in [2.45, 2.75) is 9.92 Å². The van der Waals surface area contributed by atoms with Gasteiger partial charge < -0.3 is 4.98 Å². The fourth-order valence-electron chi connectivity index (χ4n) is 1.46. The Morgan fingerprint density at radius 2 is 2.11 bits per heavy atom. The third-order valence-electron chi connectivity index (χ3n) is 2.23. The fourth-order valence-corrected chi connectivity index (χ4v) is 2.64. The van der Waals surface area contributed by atoms with Gasteiger partial charge in [0.25, 0.3) is 0 Å². The van der Waals surface area contributed by atoms with Crippen LogP contribution in [0.4, 0.5) is 0 Å². The second-order valence-electron chi connectivity index (χ2n) is 3.47. The number of aromatic nitrogens is 4. The maximum Gasteiger partial charge on any atom is 0.157 e. The minimum atomic E-state index is 0.522. The van der Waals surface area contributed by atoms with Crippen molar-refractivity contribution >= 4 is 46.1 Å². The predicted octanol–water partition coefficient (Wildman–Crippen LogP) is 3.81. The van der Waals surface area contributed by atoms with E-state index in [1.165, 1.54) is 11.8 Å². The Bertz CT molecular complexity index is 713. The van der Waals surface area contributed by atoms with E-state index in [9.17, 15) is 0 Å². The number of hydrogen-bond acceptors (Lipinski definition) is 4. The molecule has 0 saturated heterocycles. The summed E-state index contributed by atoms with van der Waals surface area (Å²) in [5, 5.41) is 1.87. The first kappa shape index (κ1) is 11.8. The Hall–Kier alpha value is -1.30. The zero-order valence-electron chi connectivity index (χ0n) is 8.89. The van der Waals surface area contributed by atoms with Crippen molar-refractivity contribution in [3.05, 3.63) is 40.9 Å². The Kier molecular flexibility index (Phi) is 3.11. The first-order valence-electron chi connectivity index (χ1n) is 5.01. The largest absolute Gasteiger partial charge is 0.329 e. The molecule has 0 radical (unpaired) electrons. The van der Waals surface area contributed by atoms with Crippen molar-refractivity contribution < 1.29 is 0 Å². The van der Waals surface area contributed by atoms with Gasteiger partial charge in [0, 0.05) is 23.4 Å². The number of hydrogen-bond donors (Lipinski definition) is 1. The van der Waals surface area contributed by atoms with Crippen LogP contribution in [0.1, 0.15) is 0 Å². The van der Waals surface area contributed by atoms with Gasteiger partial charge in [-0.1, -0.05) is 35.0 Å². The minimum absolute atomic E-state index is 0.522. The molecule has 3 aromatic rings. The van der Waals surface area contributed by atoms with E-state index in [0.717, 1.165) is 15.4 Å². The van der Waals surface area contributed by atoms with Crippen molar-refractivity contribution in [2.75, 3.05) is 0 Å². The van der Waals surface area contributed by atoms with Gasteiger partial charge in [-0.3, -0.25) is 4.98 Å². The van der Waals surface area contributed by atoms with Gasteiger partial charge >= 0.3 is 0 Å². The third-order valence-corrected chi connectivity index (χ3v) is 3.83. The Morgan fingerprint density at radius 1 is 1.22 bits per heavy atom. The first-order chi connectivity index (χ1) is 8.72. The number of H-pyrrole nitrogens is 1. The zero-order chi connectivity index (χ0) is 12.5. The van der Waals surface area contributed by atoms with Gasteiger partial charge in [-0.05, 0) is 6.07 Å². The van der Waals surface area contributed by atoms with Gasteiger partial charge in [-0.2, -0.15) is 0 Å². The van der Waals surface area contributed by atoms with Gasteiger partial charge in [0.1, 0.15) is 15.7 Å². The SMILES string of the molecule is Clc1cc2nc(Sc3ccncc3Cl)cnc2[nH]1. The molecule has 0 atom stereocenters. The summed E-state index contributed by atoms with van der Waals surface area (Å²) >= 11 is 13.3. The molecular formula is C11H6Cl2N4S. The van der Waals surface area contributed by atoms with Crippen LogP contribution in [-0.4, -0.2) is 19.9 Å². The van der Waals surface area contributed by atoms with Gasteiger partial charge in [-0.15, -0.1) is 0 Å². The average molecular weight is 297 g/mol. The molecule has 0 aliphatic heterocycles. The lowest BCUT2D eigenvalue weighted by atomic mass is 10.5. The van der Waals surface area contributed by atoms with Crippen molar-refractivity contribution in [3.63, 3.8) is 0 Å². The summed E-state index contributed by atoms with van der Waals surface area (Å²) in [5.41, 5.74) is 1.40. The molecule has 3 heterocycles. The van der Waals surface area contributed by atoms with Crippen LogP contribution in [0.3, 0.4) is 0 Å². The Morgan fingerprint density at radius 3 is 2.94 bits per heavy atom. The molecule has 0 aliphatic rings. The van der Waals surface area contributed by atoms with Gasteiger partial charge in [0.15, 0.2) is 5.65 Å². The molecule has 7 heteroatoms. The molecule has 0 aromatic carbocycles. The van der Waals surface area contributed by atoms with Crippen molar-refractivity contribution in [1.29, 1.82) is 0 Å². The number of aromatic amines is 1. The summed E-state index contributed by atoms with van der Waals surface area (Å²) in [6.45, 7) is 0. The molecule has 1 N–H and O–H groups in total. The monoisotopic (exact) mass is 296 g/mol. The van der Waals surface area contributed by atoms with Gasteiger partial charge in [-0.25, -0.2) is 9.97 Å². The van der Waals surface area contributed by atoms with Crippen LogP contribution in [0.25, 0.3) is 11.2 Å². The Labute approximate surface area is 117 Å². The van der Waals surface area contributed by atoms with Crippen molar-refractivity contribution in [2.24, 2.45) is 0 Å². The van der Waals surface area contributed by atoms with Gasteiger partial charge in [0.2, 0.25) is 0 Å². The topological polar surface area (TPSA) is 54.5 Å². The molecule has 0 aliphatic carbocycles. The average Bonchev–Trinajstić information content (AvgIpc) is 2.71. The minimum Gasteiger partial charge on any atom is -0.329 e. The van der Waals surface area contributed by atoms with E-state index in [4.69, 9.17) is 23.2 Å². The molecule has 0 amide bonds. The maximum absolute atomic E-state index is 6.04. The summed E-state index contributed by atoms with van der Waals surface area (Å²) in [4.78, 5) is 16.4. The number of nitrogens with zero attached hydrogens (tertiary/aromatic N) is 3. The molecule has 18 heavy (non-hydrogen) atoms. The molecule has 0 spiro atoms. The quantitative estimate of drug-likeness (QED) is 0.781. The summed E-state index contributed by atoms with van der Waals surface area (Å²) in [5.74, 6) is 0. The lowest BCUT2D eigenvalue weighted by Gasteiger charge is -2.01. The molecule has 0 bridgehead atoms. The van der Waals surface area contributed by atoms with Crippen LogP contribution >= 0.6 is 35.0 Å². The molecule has 0 unspecified atom stereocenters. The second kappa shape index (κ2) is 4.76. The van der Waals surface area contributed by atoms with Crippen molar-refractivity contribution in [1.82, 2.24) is 19.9 Å². The van der Waals surface area contributed by atoms with E-state index in [-0.39, 0.29) is 0 Å². The van der Waals surface area contributed by atoms with Crippen LogP contribution in [0.15, 0.2) is 40.6 Å². The van der Waals surface area contributed by atoms with Crippen LogP contribution in [0.5, 0.6) is 0 Å². The van der Waals surface area contributed by atoms with E-state index >= 15 is 0 Å². The number of halogens is 2. The molecule has 3 aromatic heterocycles. The van der Waals surface area contributed by atoms with Gasteiger partial charge in [0.05, 0.1) is 11.2 Å². The number of pyridine rings is 1. The number of fused-ring (bicyclic) bond motifs is 1. The lowest BCUT2D eigenvalue weighted by Crippen LogP contribution is -1.85. The molecule has 90 valence electrons. The molecule has 3 rings (SSSR count). The lowest BCUT2D eigenvalue weighted by molar-refractivity contribution is 1.11. The predicted molar refractivity (Wildman–Crippen MR) is 72.3 cm³/mol. The Balaban J connectivity index is 1.97. The normalized spacial score (nSPS) is 11.0. The molecule has 0 saturated carbocycles. The molecule has 0 fully saturated rings. The zero-order valence-corrected chi connectivity index (χ0v) is 11.2. The van der Waals surface area contributed by atoms with E-state index in [1.807, 2.05) is 6.07 Å². The van der Waals surface area contributed by atoms with Crippen LogP contribution in [0, 0.1) is 0 Å². The van der Waals surface area contributed by atoms with Crippen LogP contribution < -0.4 is 0 Å². The van der Waals surface area contributed by atoms with E-state index in [0.29, 0.717) is 15.8 Å². The van der Waals surface area contributed by atoms with Crippen LogP contribution in [0.2, 0.25) is 10.2 Å². The summed E-state index contributed by atoms with van der Waals surface area (Å²) < 4.78 is 0. The number of rotatable bonds is 2. The standard InChI is InChI=1S/C11H6Cl2N4S/c12-6-4-14-2-1-8(6)18-10-5-15-11-7(16-10)3-9(13)17-11/h1-5H,(H,15,17). The van der Waals surface area contributed by atoms with Crippen molar-refractivity contribution in [3.8, 4) is 0 Å². The van der Waals surface area contributed by atoms with E-state index < -0.39 is 0 Å². The smallest absolute Gasteiger partial charge is 0.157 e. The summed E-state index contributed by atoms with van der Waals surface area (Å²) in [7, 11) is 0. The van der Waals surface area contributed by atoms with Crippen LogP contribution in [-0.2, 0) is 0 Å². The highest BCUT2D eigenvalue weighted by Crippen LogP contribution is 2.31. The number of nitrogens with one attached hydrogen (secondary N) is 1. The summed E-state index contributed by atoms with van der Waals surface area (Å²) in [6.07, 6.45) is 4.97. The fraction of sp³-hybridized carbons (Fsp3) is 0. The van der Waals surface area contributed by atoms with E-state index in [2.05, 4.69) is 19.9 Å². The second-order valence-corrected chi connectivity index (χ2v) is 5.34. The third kappa shape index (κ3) is 2.29. The summed E-state index contributed by atoms with van der Waals surface area (Å²) in [6, 6.07) is 3.57. The molecule has 4 nitrogen and oxygen atoms in total. The highest BCUT2D eigenvalue weighted by atomic mass is 35.5. The first-order valence-corrected chi connectivity index (χ1v) is 6.58. The maximum atomic E-state index is 6.04. The highest BCUT2D eigenvalue weighted by molar-refractivity contribution is 7.99. The van der Waals surface area contributed by atoms with E-state index in [1.54, 1.807) is 24.7 Å². The molecular weight excluding hydrogens is 291 g/mol. The highest BCUT2D eigenvalue weighted by Gasteiger charge is 2.07.